The second-order valence-electron chi connectivity index (χ2n) is 19.0. The highest BCUT2D eigenvalue weighted by Crippen LogP contribution is 2.26. The summed E-state index contributed by atoms with van der Waals surface area (Å²) in [5.41, 5.74) is 0. The molecule has 0 saturated carbocycles. The second-order valence-corrected chi connectivity index (χ2v) is 19.0. The quantitative estimate of drug-likeness (QED) is 0.0174. The Labute approximate surface area is 405 Å². The van der Waals surface area contributed by atoms with Crippen LogP contribution in [0.2, 0.25) is 0 Å². The number of rotatable bonds is 43. The van der Waals surface area contributed by atoms with Gasteiger partial charge in [-0.05, 0) is 64.2 Å². The average molecular weight is 959 g/mol. The van der Waals surface area contributed by atoms with E-state index in [0.717, 1.165) is 64.2 Å². The van der Waals surface area contributed by atoms with Crippen LogP contribution in [-0.4, -0.2) is 142 Å². The molecule has 2 saturated heterocycles. The minimum Gasteiger partial charge on any atom is -0.457 e. The molecule has 0 aromatic rings. The van der Waals surface area contributed by atoms with Gasteiger partial charge in [-0.1, -0.05) is 160 Å². The van der Waals surface area contributed by atoms with Crippen LogP contribution in [0.1, 0.15) is 206 Å². The van der Waals surface area contributed by atoms with E-state index in [2.05, 4.69) is 38.2 Å². The maximum atomic E-state index is 13.0. The van der Waals surface area contributed by atoms with Crippen molar-refractivity contribution in [2.45, 2.75) is 274 Å². The van der Waals surface area contributed by atoms with Gasteiger partial charge < -0.3 is 64.2 Å². The highest BCUT2D eigenvalue weighted by atomic mass is 16.7. The zero-order chi connectivity index (χ0) is 48.7. The third-order valence-corrected chi connectivity index (χ3v) is 12.9. The van der Waals surface area contributed by atoms with Gasteiger partial charge in [0.15, 0.2) is 12.6 Å². The number of hydrogen-bond acceptors (Lipinski definition) is 14. The summed E-state index contributed by atoms with van der Waals surface area (Å²) in [7, 11) is 0. The Morgan fingerprint density at radius 3 is 1.36 bits per heavy atom. The van der Waals surface area contributed by atoms with Crippen molar-refractivity contribution in [1.29, 1.82) is 0 Å². The average Bonchev–Trinajstić information content (AvgIpc) is 3.32. The fraction of sp³-hybridized carbons (Fsp3) is 0.906. The lowest BCUT2D eigenvalue weighted by atomic mass is 9.98. The summed E-state index contributed by atoms with van der Waals surface area (Å²) in [6, 6.07) is 0. The molecule has 0 radical (unpaired) electrons. The van der Waals surface area contributed by atoms with Gasteiger partial charge in [0.05, 0.1) is 26.4 Å². The Bertz CT molecular complexity index is 1200. The van der Waals surface area contributed by atoms with Crippen LogP contribution in [0, 0.1) is 0 Å². The SMILES string of the molecule is CCCCCCCCC/C=C\CCCCCCCCOCC(COC1OC(COC2OC(CO)C(O)C(O)C2O)C(O)C(O)C1O)OC(=O)CCCCCCC/C=C\CCCCCCCCC. The van der Waals surface area contributed by atoms with E-state index in [-0.39, 0.29) is 25.6 Å². The Morgan fingerprint density at radius 2 is 0.881 bits per heavy atom. The van der Waals surface area contributed by atoms with Gasteiger partial charge in [0, 0.05) is 13.0 Å². The van der Waals surface area contributed by atoms with Crippen LogP contribution < -0.4 is 0 Å². The summed E-state index contributed by atoms with van der Waals surface area (Å²) in [6.07, 6.45) is 28.1. The van der Waals surface area contributed by atoms with E-state index < -0.39 is 80.7 Å². The summed E-state index contributed by atoms with van der Waals surface area (Å²) >= 11 is 0. The van der Waals surface area contributed by atoms with Crippen LogP contribution in [0.5, 0.6) is 0 Å². The minimum atomic E-state index is -1.71. The van der Waals surface area contributed by atoms with Gasteiger partial charge in [-0.2, -0.15) is 0 Å². The van der Waals surface area contributed by atoms with Crippen molar-refractivity contribution < 1.29 is 69.0 Å². The molecule has 0 aliphatic carbocycles. The number of carbonyl (C=O) groups excluding carboxylic acids is 1. The molecule has 14 nitrogen and oxygen atoms in total. The lowest BCUT2D eigenvalue weighted by molar-refractivity contribution is -0.332. The van der Waals surface area contributed by atoms with Crippen LogP contribution in [-0.2, 0) is 33.2 Å². The fourth-order valence-corrected chi connectivity index (χ4v) is 8.51. The third kappa shape index (κ3) is 28.8. The summed E-state index contributed by atoms with van der Waals surface area (Å²) in [4.78, 5) is 13.0. The molecule has 11 unspecified atom stereocenters. The van der Waals surface area contributed by atoms with Gasteiger partial charge in [0.2, 0.25) is 0 Å². The van der Waals surface area contributed by atoms with E-state index in [1.807, 2.05) is 0 Å². The second kappa shape index (κ2) is 41.1. The van der Waals surface area contributed by atoms with Gasteiger partial charge in [-0.3, -0.25) is 4.79 Å². The number of carbonyl (C=O) groups is 1. The highest BCUT2D eigenvalue weighted by Gasteiger charge is 2.47. The van der Waals surface area contributed by atoms with E-state index in [1.54, 1.807) is 0 Å². The summed E-state index contributed by atoms with van der Waals surface area (Å²) in [5, 5.41) is 72.2. The molecule has 2 aliphatic heterocycles. The predicted molar refractivity (Wildman–Crippen MR) is 261 cm³/mol. The number of ether oxygens (including phenoxy) is 6. The lowest BCUT2D eigenvalue weighted by Crippen LogP contribution is -2.61. The van der Waals surface area contributed by atoms with Crippen molar-refractivity contribution in [3.05, 3.63) is 24.3 Å². The first kappa shape index (κ1) is 61.6. The minimum absolute atomic E-state index is 0.0566. The van der Waals surface area contributed by atoms with Gasteiger partial charge in [0.25, 0.3) is 0 Å². The topological polar surface area (TPSA) is 214 Å². The molecule has 0 aromatic carbocycles. The van der Waals surface area contributed by atoms with E-state index in [4.69, 9.17) is 28.4 Å². The molecule has 2 aliphatic rings. The van der Waals surface area contributed by atoms with Crippen LogP contribution in [0.3, 0.4) is 0 Å². The van der Waals surface area contributed by atoms with Crippen LogP contribution in [0.4, 0.5) is 0 Å². The predicted octanol–water partition coefficient (Wildman–Crippen LogP) is 8.41. The number of unbranched alkanes of at least 4 members (excludes halogenated alkanes) is 25. The van der Waals surface area contributed by atoms with Crippen LogP contribution in [0.25, 0.3) is 0 Å². The number of hydrogen-bond donors (Lipinski definition) is 7. The normalized spacial score (nSPS) is 26.2. The van der Waals surface area contributed by atoms with Crippen molar-refractivity contribution in [3.63, 3.8) is 0 Å². The molecule has 7 N–H and O–H groups in total. The molecule has 14 heteroatoms. The molecule has 67 heavy (non-hydrogen) atoms. The summed E-state index contributed by atoms with van der Waals surface area (Å²) in [5.74, 6) is -0.385. The molecule has 0 spiro atoms. The molecule has 2 rings (SSSR count). The number of aliphatic hydroxyl groups excluding tert-OH is 7. The molecule has 0 aromatic heterocycles. The number of allylic oxidation sites excluding steroid dienone is 4. The van der Waals surface area contributed by atoms with Crippen molar-refractivity contribution in [1.82, 2.24) is 0 Å². The molecule has 11 atom stereocenters. The van der Waals surface area contributed by atoms with Crippen molar-refractivity contribution >= 4 is 5.97 Å². The van der Waals surface area contributed by atoms with E-state index in [1.165, 1.54) is 116 Å². The summed E-state index contributed by atoms with van der Waals surface area (Å²) in [6.45, 7) is 3.68. The van der Waals surface area contributed by atoms with Crippen molar-refractivity contribution in [2.24, 2.45) is 0 Å². The summed E-state index contributed by atoms with van der Waals surface area (Å²) < 4.78 is 34.3. The molecular weight excluding hydrogens is 861 g/mol. The van der Waals surface area contributed by atoms with Gasteiger partial charge in [-0.15, -0.1) is 0 Å². The largest absolute Gasteiger partial charge is 0.457 e. The van der Waals surface area contributed by atoms with Gasteiger partial charge in [0.1, 0.15) is 54.9 Å². The molecule has 0 bridgehead atoms. The van der Waals surface area contributed by atoms with Crippen molar-refractivity contribution in [2.75, 3.05) is 33.0 Å². The molecular formula is C53H98O14. The maximum absolute atomic E-state index is 13.0. The molecule has 394 valence electrons. The Morgan fingerprint density at radius 1 is 0.478 bits per heavy atom. The zero-order valence-electron chi connectivity index (χ0n) is 41.9. The first-order valence-corrected chi connectivity index (χ1v) is 26.9. The third-order valence-electron chi connectivity index (χ3n) is 12.9. The first-order chi connectivity index (χ1) is 32.6. The Kier molecular flexibility index (Phi) is 37.8. The van der Waals surface area contributed by atoms with E-state index in [0.29, 0.717) is 13.0 Å². The Hall–Kier alpha value is -1.53. The van der Waals surface area contributed by atoms with Crippen molar-refractivity contribution in [3.8, 4) is 0 Å². The van der Waals surface area contributed by atoms with Crippen LogP contribution in [0.15, 0.2) is 24.3 Å². The number of esters is 1. The standard InChI is InChI=1S/C53H98O14/c1-3-5-7-9-11-13-15-17-19-21-23-25-27-29-31-33-35-37-62-39-42(65-45(55)36-34-32-30-28-26-24-22-20-18-16-14-12-10-8-6-4-2)40-63-52-51(61)49(59)47(57)44(67-52)41-64-53-50(60)48(58)46(56)43(38-54)66-53/h19-22,42-44,46-54,56-61H,3-18,23-41H2,1-2H3/b21-19-,22-20-. The first-order valence-electron chi connectivity index (χ1n) is 26.9. The molecule has 0 amide bonds. The monoisotopic (exact) mass is 959 g/mol. The van der Waals surface area contributed by atoms with E-state index >= 15 is 0 Å². The van der Waals surface area contributed by atoms with Crippen LogP contribution >= 0.6 is 0 Å². The highest BCUT2D eigenvalue weighted by molar-refractivity contribution is 5.69. The number of aliphatic hydroxyl groups is 7. The Balaban J connectivity index is 1.76. The smallest absolute Gasteiger partial charge is 0.306 e. The fourth-order valence-electron chi connectivity index (χ4n) is 8.51. The van der Waals surface area contributed by atoms with Gasteiger partial charge >= 0.3 is 5.97 Å². The van der Waals surface area contributed by atoms with Gasteiger partial charge in [-0.25, -0.2) is 0 Å². The maximum Gasteiger partial charge on any atom is 0.306 e. The van der Waals surface area contributed by atoms with E-state index in [9.17, 15) is 40.5 Å². The molecule has 2 fully saturated rings. The zero-order valence-corrected chi connectivity index (χ0v) is 41.9. The lowest BCUT2D eigenvalue weighted by Gasteiger charge is -2.42. The molecule has 2 heterocycles.